The molecule has 3 rings (SSSR count). The molecule has 0 saturated carbocycles. The Morgan fingerprint density at radius 2 is 2.33 bits per heavy atom. The van der Waals surface area contributed by atoms with Crippen LogP contribution < -0.4 is 0 Å². The van der Waals surface area contributed by atoms with Crippen molar-refractivity contribution in [2.24, 2.45) is 0 Å². The molecule has 0 aliphatic carbocycles. The van der Waals surface area contributed by atoms with Crippen LogP contribution in [0.2, 0.25) is 0 Å². The summed E-state index contributed by atoms with van der Waals surface area (Å²) in [5, 5.41) is 3.73. The van der Waals surface area contributed by atoms with Gasteiger partial charge in [-0.3, -0.25) is 4.98 Å². The van der Waals surface area contributed by atoms with Gasteiger partial charge < -0.3 is 8.94 Å². The van der Waals surface area contributed by atoms with Gasteiger partial charge in [0.25, 0.3) is 5.89 Å². The maximum atomic E-state index is 5.05. The van der Waals surface area contributed by atoms with E-state index in [1.165, 1.54) is 0 Å². The lowest BCUT2D eigenvalue weighted by Gasteiger charge is -1.84. The van der Waals surface area contributed by atoms with Gasteiger partial charge in [-0.2, -0.15) is 0 Å². The summed E-state index contributed by atoms with van der Waals surface area (Å²) in [5.74, 6) is 1.29. The minimum Gasteiger partial charge on any atom is -0.428 e. The third-order valence-electron chi connectivity index (χ3n) is 1.67. The second kappa shape index (κ2) is 1.85. The van der Waals surface area contributed by atoms with Crippen molar-refractivity contribution in [3.8, 4) is 11.7 Å². The van der Waals surface area contributed by atoms with E-state index in [-0.39, 0.29) is 0 Å². The van der Waals surface area contributed by atoms with Crippen LogP contribution in [0.25, 0.3) is 22.8 Å². The summed E-state index contributed by atoms with van der Waals surface area (Å²) >= 11 is 0. The molecule has 58 valence electrons. The highest BCUT2D eigenvalue weighted by molar-refractivity contribution is 5.75. The molecule has 2 aliphatic rings. The van der Waals surface area contributed by atoms with Crippen LogP contribution in [-0.4, -0.2) is 10.1 Å². The summed E-state index contributed by atoms with van der Waals surface area (Å²) in [4.78, 5) is 4.10. The number of fused-ring (bicyclic) bond motifs is 2. The largest absolute Gasteiger partial charge is 0.428 e. The van der Waals surface area contributed by atoms with Crippen LogP contribution in [0, 0.1) is 0 Å². The van der Waals surface area contributed by atoms with E-state index >= 15 is 0 Å². The zero-order valence-electron chi connectivity index (χ0n) is 6.02. The topological polar surface area (TPSA) is 52.1 Å². The third kappa shape index (κ3) is 0.717. The molecule has 0 saturated heterocycles. The number of rotatable bonds is 0. The number of hydrogen-bond acceptors (Lipinski definition) is 4. The molecule has 0 amide bonds. The van der Waals surface area contributed by atoms with Gasteiger partial charge in [0.05, 0.1) is 0 Å². The molecule has 0 radical (unpaired) electrons. The Balaban J connectivity index is 2.50. The predicted octanol–water partition coefficient (Wildman–Crippen LogP) is 1.92. The van der Waals surface area contributed by atoms with Crippen molar-refractivity contribution in [3.05, 3.63) is 24.4 Å². The Kier molecular flexibility index (Phi) is 0.889. The van der Waals surface area contributed by atoms with Gasteiger partial charge in [-0.1, -0.05) is 0 Å². The lowest BCUT2D eigenvalue weighted by Crippen LogP contribution is -1.71. The summed E-state index contributed by atoms with van der Waals surface area (Å²) in [6, 6.07) is 5.42. The lowest BCUT2D eigenvalue weighted by atomic mass is 10.3. The van der Waals surface area contributed by atoms with Gasteiger partial charge in [-0.15, -0.1) is 0 Å². The first-order valence-electron chi connectivity index (χ1n) is 3.53. The average Bonchev–Trinajstić information content (AvgIpc) is 2.80. The first kappa shape index (κ1) is 5.77. The number of pyridine rings is 1. The minimum atomic E-state index is 0.549. The van der Waals surface area contributed by atoms with Crippen molar-refractivity contribution >= 4 is 11.1 Å². The Hall–Kier alpha value is -1.84. The number of nitrogens with zero attached hydrogens (tertiary/aromatic N) is 2. The van der Waals surface area contributed by atoms with E-state index in [1.54, 1.807) is 18.3 Å². The van der Waals surface area contributed by atoms with Crippen molar-refractivity contribution in [2.45, 2.75) is 0 Å². The highest BCUT2D eigenvalue weighted by Crippen LogP contribution is 2.30. The SMILES string of the molecule is c1cnc2cc3oc-3noc2c1. The summed E-state index contributed by atoms with van der Waals surface area (Å²) in [5.41, 5.74) is 1.41. The van der Waals surface area contributed by atoms with Gasteiger partial charge in [-0.05, 0) is 17.3 Å². The highest BCUT2D eigenvalue weighted by Gasteiger charge is 2.18. The van der Waals surface area contributed by atoms with Gasteiger partial charge in [0.2, 0.25) is 0 Å². The zero-order chi connectivity index (χ0) is 7.97. The van der Waals surface area contributed by atoms with E-state index < -0.39 is 0 Å². The molecular weight excluding hydrogens is 156 g/mol. The molecule has 0 atom stereocenters. The molecule has 2 aliphatic heterocycles. The van der Waals surface area contributed by atoms with Crippen molar-refractivity contribution in [3.63, 3.8) is 0 Å². The first-order valence-corrected chi connectivity index (χ1v) is 3.53. The molecule has 1 aromatic rings. The standard InChI is InChI=1S/C8H4N2O2/c1-2-6-5(9-3-1)4-7-8(11-7)10-12-6/h1-4H. The second-order valence-electron chi connectivity index (χ2n) is 2.49. The third-order valence-corrected chi connectivity index (χ3v) is 1.67. The maximum Gasteiger partial charge on any atom is 0.300 e. The lowest BCUT2D eigenvalue weighted by molar-refractivity contribution is 0.439. The number of aromatic nitrogens is 2. The molecule has 0 spiro atoms. The molecule has 0 unspecified atom stereocenters. The van der Waals surface area contributed by atoms with E-state index in [9.17, 15) is 0 Å². The Bertz CT molecular complexity index is 497. The average molecular weight is 160 g/mol. The molecule has 12 heavy (non-hydrogen) atoms. The highest BCUT2D eigenvalue weighted by atomic mass is 16.5. The van der Waals surface area contributed by atoms with Gasteiger partial charge in [0.15, 0.2) is 11.3 Å². The van der Waals surface area contributed by atoms with E-state index in [1.807, 2.05) is 6.07 Å². The molecule has 1 aromatic heterocycles. The summed E-state index contributed by atoms with van der Waals surface area (Å²) in [6.07, 6.45) is 1.70. The Labute approximate surface area is 67.1 Å². The van der Waals surface area contributed by atoms with Crippen LogP contribution in [-0.2, 0) is 0 Å². The molecular formula is C8H4N2O2. The fourth-order valence-corrected chi connectivity index (χ4v) is 1.04. The van der Waals surface area contributed by atoms with Gasteiger partial charge >= 0.3 is 0 Å². The van der Waals surface area contributed by atoms with Crippen LogP contribution in [0.5, 0.6) is 0 Å². The van der Waals surface area contributed by atoms with Gasteiger partial charge in [0.1, 0.15) is 5.52 Å². The zero-order valence-corrected chi connectivity index (χ0v) is 6.02. The van der Waals surface area contributed by atoms with Crippen LogP contribution in [0.4, 0.5) is 0 Å². The molecule has 4 nitrogen and oxygen atoms in total. The van der Waals surface area contributed by atoms with Gasteiger partial charge in [-0.25, -0.2) is 0 Å². The van der Waals surface area contributed by atoms with Crippen molar-refractivity contribution in [2.75, 3.05) is 0 Å². The predicted molar refractivity (Wildman–Crippen MR) is 40.7 cm³/mol. The first-order chi connectivity index (χ1) is 5.93. The molecule has 3 heterocycles. The van der Waals surface area contributed by atoms with Crippen LogP contribution in [0.3, 0.4) is 0 Å². The van der Waals surface area contributed by atoms with Crippen molar-refractivity contribution < 1.29 is 8.94 Å². The molecule has 0 fully saturated rings. The monoisotopic (exact) mass is 160 g/mol. The summed E-state index contributed by atoms with van der Waals surface area (Å²) in [6.45, 7) is 0. The fourth-order valence-electron chi connectivity index (χ4n) is 1.04. The fraction of sp³-hybridized carbons (Fsp3) is 0. The van der Waals surface area contributed by atoms with Crippen LogP contribution in [0.15, 0.2) is 33.3 Å². The quantitative estimate of drug-likeness (QED) is 0.504. The summed E-state index contributed by atoms with van der Waals surface area (Å²) < 4.78 is 10.0. The van der Waals surface area contributed by atoms with Gasteiger partial charge in [0, 0.05) is 12.3 Å². The van der Waals surface area contributed by atoms with E-state index in [4.69, 9.17) is 8.94 Å². The molecule has 0 bridgehead atoms. The van der Waals surface area contributed by atoms with Crippen LogP contribution in [0.1, 0.15) is 0 Å². The summed E-state index contributed by atoms with van der Waals surface area (Å²) in [7, 11) is 0. The molecule has 0 aromatic carbocycles. The molecule has 0 N–H and O–H groups in total. The van der Waals surface area contributed by atoms with Crippen molar-refractivity contribution in [1.82, 2.24) is 10.1 Å². The van der Waals surface area contributed by atoms with Crippen molar-refractivity contribution in [1.29, 1.82) is 0 Å². The van der Waals surface area contributed by atoms with E-state index in [0.717, 1.165) is 11.3 Å². The van der Waals surface area contributed by atoms with E-state index in [0.29, 0.717) is 11.5 Å². The minimum absolute atomic E-state index is 0.549. The number of hydrogen-bond donors (Lipinski definition) is 0. The Morgan fingerprint density at radius 3 is 3.33 bits per heavy atom. The second-order valence-corrected chi connectivity index (χ2v) is 2.49. The van der Waals surface area contributed by atoms with Crippen LogP contribution >= 0.6 is 0 Å². The smallest absolute Gasteiger partial charge is 0.300 e. The Morgan fingerprint density at radius 1 is 1.33 bits per heavy atom. The normalized spacial score (nSPS) is 11.3. The van der Waals surface area contributed by atoms with E-state index in [2.05, 4.69) is 10.1 Å². The maximum absolute atomic E-state index is 5.05. The molecule has 4 heteroatoms.